The second kappa shape index (κ2) is 10.0. The molecular formula is C18H21F3N4O3. The molecule has 0 saturated carbocycles. The van der Waals surface area contributed by atoms with Crippen LogP contribution in [0.5, 0.6) is 5.75 Å². The number of hydrogen-bond donors (Lipinski definition) is 3. The minimum atomic E-state index is -4.61. The molecule has 1 aromatic carbocycles. The number of rotatable bonds is 8. The summed E-state index contributed by atoms with van der Waals surface area (Å²) in [7, 11) is 1.26. The number of nitrogens with two attached hydrogens (primary N) is 2. The summed E-state index contributed by atoms with van der Waals surface area (Å²) in [6.07, 6.45) is -0.961. The Morgan fingerprint density at radius 2 is 2.00 bits per heavy atom. The fourth-order valence-corrected chi connectivity index (χ4v) is 1.99. The van der Waals surface area contributed by atoms with E-state index in [4.69, 9.17) is 16.2 Å². The van der Waals surface area contributed by atoms with Crippen molar-refractivity contribution in [3.05, 3.63) is 60.0 Å². The topological polar surface area (TPSA) is 112 Å². The van der Waals surface area contributed by atoms with E-state index >= 15 is 0 Å². The molecular weight excluding hydrogens is 377 g/mol. The van der Waals surface area contributed by atoms with Gasteiger partial charge >= 0.3 is 6.18 Å². The van der Waals surface area contributed by atoms with Gasteiger partial charge in [0, 0.05) is 5.70 Å². The van der Waals surface area contributed by atoms with Crippen molar-refractivity contribution in [3.8, 4) is 5.75 Å². The van der Waals surface area contributed by atoms with Crippen LogP contribution in [-0.2, 0) is 15.8 Å². The molecule has 0 atom stereocenters. The third-order valence-electron chi connectivity index (χ3n) is 3.23. The van der Waals surface area contributed by atoms with Crippen molar-refractivity contribution in [1.29, 1.82) is 0 Å². The maximum absolute atomic E-state index is 13.2. The van der Waals surface area contributed by atoms with Gasteiger partial charge in [0.1, 0.15) is 18.7 Å². The van der Waals surface area contributed by atoms with Gasteiger partial charge in [0.05, 0.1) is 12.2 Å². The molecule has 0 aliphatic heterocycles. The summed E-state index contributed by atoms with van der Waals surface area (Å²) < 4.78 is 44.6. The Morgan fingerprint density at radius 3 is 2.54 bits per heavy atom. The average molecular weight is 398 g/mol. The number of nitrogens with zero attached hydrogens (tertiary/aromatic N) is 1. The molecule has 0 saturated heterocycles. The molecule has 28 heavy (non-hydrogen) atoms. The zero-order valence-electron chi connectivity index (χ0n) is 15.3. The summed E-state index contributed by atoms with van der Waals surface area (Å²) in [5.41, 5.74) is 10.5. The van der Waals surface area contributed by atoms with E-state index in [2.05, 4.69) is 21.9 Å². The molecule has 0 unspecified atom stereocenters. The van der Waals surface area contributed by atoms with Crippen molar-refractivity contribution in [2.45, 2.75) is 13.1 Å². The lowest BCUT2D eigenvalue weighted by molar-refractivity contribution is -0.138. The van der Waals surface area contributed by atoms with Crippen LogP contribution in [0.4, 0.5) is 13.2 Å². The molecule has 0 spiro atoms. The Hall–Kier alpha value is -3.43. The van der Waals surface area contributed by atoms with Gasteiger partial charge in [-0.05, 0) is 48.9 Å². The number of hydrogen-bond acceptors (Lipinski definition) is 6. The number of nitrogens with one attached hydrogen (secondary N) is 1. The maximum Gasteiger partial charge on any atom is 0.419 e. The van der Waals surface area contributed by atoms with Gasteiger partial charge in [-0.3, -0.25) is 4.79 Å². The van der Waals surface area contributed by atoms with Crippen molar-refractivity contribution in [3.63, 3.8) is 0 Å². The van der Waals surface area contributed by atoms with Crippen molar-refractivity contribution in [2.24, 2.45) is 16.6 Å². The van der Waals surface area contributed by atoms with Crippen molar-refractivity contribution >= 4 is 17.3 Å². The van der Waals surface area contributed by atoms with Gasteiger partial charge in [0.2, 0.25) is 0 Å². The highest BCUT2D eigenvalue weighted by atomic mass is 19.4. The Bertz CT molecular complexity index is 815. The van der Waals surface area contributed by atoms with E-state index in [0.29, 0.717) is 0 Å². The second-order valence-electron chi connectivity index (χ2n) is 5.20. The van der Waals surface area contributed by atoms with Gasteiger partial charge in [-0.2, -0.15) is 13.2 Å². The van der Waals surface area contributed by atoms with Crippen molar-refractivity contribution in [1.82, 2.24) is 5.32 Å². The molecule has 5 N–H and O–H groups in total. The smallest absolute Gasteiger partial charge is 0.419 e. The summed E-state index contributed by atoms with van der Waals surface area (Å²) >= 11 is 0. The lowest BCUT2D eigenvalue weighted by atomic mass is 10.1. The van der Waals surface area contributed by atoms with E-state index in [0.717, 1.165) is 12.1 Å². The highest BCUT2D eigenvalue weighted by Gasteiger charge is 2.34. The zero-order chi connectivity index (χ0) is 21.3. The van der Waals surface area contributed by atoms with E-state index in [1.54, 1.807) is 6.92 Å². The number of allylic oxidation sites excluding steroid dienone is 2. The fourth-order valence-electron chi connectivity index (χ4n) is 1.99. The largest absolute Gasteiger partial charge is 0.493 e. The van der Waals surface area contributed by atoms with E-state index < -0.39 is 17.6 Å². The number of carbonyl (C=O) groups is 1. The minimum Gasteiger partial charge on any atom is -0.493 e. The number of carbonyl (C=O) groups excluding carboxylic acids is 1. The first kappa shape index (κ1) is 22.6. The summed E-state index contributed by atoms with van der Waals surface area (Å²) in [5.74, 6) is -1.08. The van der Waals surface area contributed by atoms with Crippen molar-refractivity contribution in [2.75, 3.05) is 13.7 Å². The van der Waals surface area contributed by atoms with E-state index in [-0.39, 0.29) is 35.1 Å². The monoisotopic (exact) mass is 398 g/mol. The highest BCUT2D eigenvalue weighted by Crippen LogP contribution is 2.37. The molecule has 0 radical (unpaired) electrons. The van der Waals surface area contributed by atoms with E-state index in [1.165, 1.54) is 31.4 Å². The third kappa shape index (κ3) is 6.38. The first-order chi connectivity index (χ1) is 13.1. The van der Waals surface area contributed by atoms with Gasteiger partial charge in [0.25, 0.3) is 5.91 Å². The van der Waals surface area contributed by atoms with Gasteiger partial charge in [-0.25, -0.2) is 0 Å². The van der Waals surface area contributed by atoms with Crippen LogP contribution in [0, 0.1) is 0 Å². The summed E-state index contributed by atoms with van der Waals surface area (Å²) in [6.45, 7) is 5.08. The standard InChI is InChI=1S/C18H21F3N4O3/c1-4-14(25-27-3)17(26)24-16(23)9-7-13(22)11-6-8-15(28-5-2)12(10-11)18(19,20)21/h4,6-10H,1,5,22-23H2,2-3H3,(H,24,26)/b13-7-,16-9+,25-14+. The molecule has 0 aliphatic rings. The number of oxime groups is 1. The fraction of sp³-hybridized carbons (Fsp3) is 0.222. The van der Waals surface area contributed by atoms with Crippen LogP contribution in [-0.4, -0.2) is 25.3 Å². The lowest BCUT2D eigenvalue weighted by Gasteiger charge is -2.14. The maximum atomic E-state index is 13.2. The number of benzene rings is 1. The number of ether oxygens (including phenoxy) is 1. The molecule has 0 fully saturated rings. The van der Waals surface area contributed by atoms with E-state index in [1.807, 2.05) is 0 Å². The van der Waals surface area contributed by atoms with Gasteiger partial charge in [-0.15, -0.1) is 0 Å². The van der Waals surface area contributed by atoms with Crippen molar-refractivity contribution < 1.29 is 27.5 Å². The van der Waals surface area contributed by atoms with Crippen LogP contribution in [0.15, 0.2) is 54.0 Å². The Balaban J connectivity index is 3.07. The molecule has 1 rings (SSSR count). The van der Waals surface area contributed by atoms with E-state index in [9.17, 15) is 18.0 Å². The number of amides is 1. The van der Waals surface area contributed by atoms with Crippen LogP contribution in [0.2, 0.25) is 0 Å². The Labute approximate surface area is 160 Å². The quantitative estimate of drug-likeness (QED) is 0.354. The van der Waals surface area contributed by atoms with Crippen LogP contribution >= 0.6 is 0 Å². The molecule has 0 aromatic heterocycles. The molecule has 10 heteroatoms. The molecule has 0 heterocycles. The Morgan fingerprint density at radius 1 is 1.32 bits per heavy atom. The minimum absolute atomic E-state index is 0.000232. The lowest BCUT2D eigenvalue weighted by Crippen LogP contribution is -2.32. The number of alkyl halides is 3. The first-order valence-corrected chi connectivity index (χ1v) is 7.96. The van der Waals surface area contributed by atoms with Gasteiger partial charge in [0.15, 0.2) is 5.71 Å². The SMILES string of the molecule is C=C/C(=N\OC)C(=O)N/C(N)=C/C=C(\N)c1ccc(OCC)c(C(F)(F)F)c1. The Kier molecular flexibility index (Phi) is 8.11. The molecule has 0 bridgehead atoms. The normalized spacial score (nSPS) is 13.1. The summed E-state index contributed by atoms with van der Waals surface area (Å²) in [5, 5.41) is 5.74. The van der Waals surface area contributed by atoms with Gasteiger partial charge in [-0.1, -0.05) is 11.7 Å². The van der Waals surface area contributed by atoms with Crippen LogP contribution in [0.3, 0.4) is 0 Å². The highest BCUT2D eigenvalue weighted by molar-refractivity contribution is 6.43. The zero-order valence-corrected chi connectivity index (χ0v) is 15.3. The van der Waals surface area contributed by atoms with Crippen LogP contribution < -0.4 is 21.5 Å². The van der Waals surface area contributed by atoms with Crippen LogP contribution in [0.1, 0.15) is 18.1 Å². The predicted octanol–water partition coefficient (Wildman–Crippen LogP) is 2.51. The summed E-state index contributed by atoms with van der Waals surface area (Å²) in [4.78, 5) is 16.3. The summed E-state index contributed by atoms with van der Waals surface area (Å²) in [6, 6.07) is 3.45. The van der Waals surface area contributed by atoms with Crippen LogP contribution in [0.25, 0.3) is 5.70 Å². The predicted molar refractivity (Wildman–Crippen MR) is 99.8 cm³/mol. The first-order valence-electron chi connectivity index (χ1n) is 7.96. The second-order valence-corrected chi connectivity index (χ2v) is 5.20. The van der Waals surface area contributed by atoms with Gasteiger partial charge < -0.3 is 26.4 Å². The third-order valence-corrected chi connectivity index (χ3v) is 3.23. The molecule has 1 amide bonds. The molecule has 1 aromatic rings. The molecule has 152 valence electrons. The number of halogens is 3. The molecule has 0 aliphatic carbocycles. The average Bonchev–Trinajstić information content (AvgIpc) is 2.63. The molecule has 7 nitrogen and oxygen atoms in total.